The third-order valence-corrected chi connectivity index (χ3v) is 5.33. The molecule has 4 atom stereocenters. The molecule has 0 bridgehead atoms. The van der Waals surface area contributed by atoms with E-state index < -0.39 is 42.3 Å². The number of nitriles is 1. The molecule has 0 unspecified atom stereocenters. The molecule has 176 valence electrons. The highest BCUT2D eigenvalue weighted by Gasteiger charge is 2.50. The van der Waals surface area contributed by atoms with Crippen molar-refractivity contribution in [3.63, 3.8) is 0 Å². The van der Waals surface area contributed by atoms with E-state index in [9.17, 15) is 19.6 Å². The highest BCUT2D eigenvalue weighted by Crippen LogP contribution is 2.29. The average Bonchev–Trinajstić information content (AvgIpc) is 3.24. The van der Waals surface area contributed by atoms with E-state index in [1.165, 1.54) is 0 Å². The Hall–Kier alpha value is -4.48. The maximum Gasteiger partial charge on any atom is 0.338 e. The van der Waals surface area contributed by atoms with Crippen molar-refractivity contribution in [2.24, 2.45) is 0 Å². The van der Waals surface area contributed by atoms with E-state index in [0.29, 0.717) is 5.56 Å². The Labute approximate surface area is 201 Å². The molecular formula is C27H21NO7. The van der Waals surface area contributed by atoms with Gasteiger partial charge >= 0.3 is 17.9 Å². The molecule has 0 radical (unpaired) electrons. The second-order valence-electron chi connectivity index (χ2n) is 7.66. The van der Waals surface area contributed by atoms with Crippen molar-refractivity contribution in [2.75, 3.05) is 6.61 Å². The van der Waals surface area contributed by atoms with Crippen LogP contribution in [0.15, 0.2) is 91.0 Å². The lowest BCUT2D eigenvalue weighted by Crippen LogP contribution is -2.41. The lowest BCUT2D eigenvalue weighted by Gasteiger charge is -2.23. The standard InChI is InChI=1S/C27H21NO7/c28-16-21-23(34-26(30)19-12-6-2-7-13-19)24(35-27(31)20-14-8-3-9-15-20)22(33-21)17-32-25(29)18-10-4-1-5-11-18/h1-15,21-24H,17H2/t21-,22+,23-,24+/m0/s1. The fraction of sp³-hybridized carbons (Fsp3) is 0.185. The first-order valence-corrected chi connectivity index (χ1v) is 10.9. The molecule has 8 heteroatoms. The van der Waals surface area contributed by atoms with Crippen molar-refractivity contribution in [1.29, 1.82) is 5.26 Å². The molecule has 1 aliphatic heterocycles. The van der Waals surface area contributed by atoms with Gasteiger partial charge in [-0.05, 0) is 36.4 Å². The maximum absolute atomic E-state index is 12.8. The van der Waals surface area contributed by atoms with Gasteiger partial charge < -0.3 is 18.9 Å². The summed E-state index contributed by atoms with van der Waals surface area (Å²) in [7, 11) is 0. The third kappa shape index (κ3) is 5.72. The van der Waals surface area contributed by atoms with Crippen LogP contribution in [-0.4, -0.2) is 48.9 Å². The fourth-order valence-electron chi connectivity index (χ4n) is 3.58. The highest BCUT2D eigenvalue weighted by atomic mass is 16.6. The van der Waals surface area contributed by atoms with Crippen molar-refractivity contribution >= 4 is 17.9 Å². The zero-order chi connectivity index (χ0) is 24.6. The number of carbonyl (C=O) groups excluding carboxylic acids is 3. The number of ether oxygens (including phenoxy) is 4. The van der Waals surface area contributed by atoms with Crippen molar-refractivity contribution < 1.29 is 33.3 Å². The summed E-state index contributed by atoms with van der Waals surface area (Å²) in [6.07, 6.45) is -4.70. The summed E-state index contributed by atoms with van der Waals surface area (Å²) in [4.78, 5) is 37.9. The quantitative estimate of drug-likeness (QED) is 0.380. The summed E-state index contributed by atoms with van der Waals surface area (Å²) < 4.78 is 22.3. The van der Waals surface area contributed by atoms with Crippen molar-refractivity contribution in [2.45, 2.75) is 24.4 Å². The monoisotopic (exact) mass is 471 g/mol. The minimum absolute atomic E-state index is 0.260. The molecular weight excluding hydrogens is 450 g/mol. The maximum atomic E-state index is 12.8. The molecule has 8 nitrogen and oxygen atoms in total. The SMILES string of the molecule is N#C[C@@H]1O[C@H](COC(=O)c2ccccc2)[C@@H](OC(=O)c2ccccc2)[C@H]1OC(=O)c1ccccc1. The summed E-state index contributed by atoms with van der Waals surface area (Å²) in [5.74, 6) is -2.01. The Kier molecular flexibility index (Phi) is 7.50. The van der Waals surface area contributed by atoms with Gasteiger partial charge in [0.15, 0.2) is 18.3 Å². The summed E-state index contributed by atoms with van der Waals surface area (Å²) in [6, 6.07) is 26.7. The van der Waals surface area contributed by atoms with E-state index in [1.54, 1.807) is 91.0 Å². The molecule has 35 heavy (non-hydrogen) atoms. The first-order valence-electron chi connectivity index (χ1n) is 10.9. The van der Waals surface area contributed by atoms with Crippen LogP contribution in [-0.2, 0) is 18.9 Å². The van der Waals surface area contributed by atoms with Gasteiger partial charge in [0.25, 0.3) is 0 Å². The predicted octanol–water partition coefficient (Wildman–Crippen LogP) is 3.59. The van der Waals surface area contributed by atoms with E-state index >= 15 is 0 Å². The van der Waals surface area contributed by atoms with Gasteiger partial charge in [0.05, 0.1) is 22.8 Å². The Bertz CT molecular complexity index is 1210. The van der Waals surface area contributed by atoms with E-state index in [1.807, 2.05) is 6.07 Å². The average molecular weight is 471 g/mol. The van der Waals surface area contributed by atoms with Crippen LogP contribution < -0.4 is 0 Å². The van der Waals surface area contributed by atoms with Crippen LogP contribution in [0.1, 0.15) is 31.1 Å². The predicted molar refractivity (Wildman–Crippen MR) is 122 cm³/mol. The molecule has 0 spiro atoms. The molecule has 3 aromatic carbocycles. The van der Waals surface area contributed by atoms with Crippen LogP contribution in [0.25, 0.3) is 0 Å². The summed E-state index contributed by atoms with van der Waals surface area (Å²) >= 11 is 0. The molecule has 1 fully saturated rings. The molecule has 1 saturated heterocycles. The number of carbonyl (C=O) groups is 3. The van der Waals surface area contributed by atoms with Gasteiger partial charge in [-0.3, -0.25) is 0 Å². The molecule has 4 rings (SSSR count). The minimum Gasteiger partial charge on any atom is -0.459 e. The van der Waals surface area contributed by atoms with Crippen LogP contribution in [0.2, 0.25) is 0 Å². The van der Waals surface area contributed by atoms with E-state index in [0.717, 1.165) is 0 Å². The summed E-state index contributed by atoms with van der Waals surface area (Å²) in [5, 5.41) is 9.65. The first kappa shape index (κ1) is 23.7. The van der Waals surface area contributed by atoms with E-state index in [4.69, 9.17) is 18.9 Å². The second kappa shape index (κ2) is 11.1. The summed E-state index contributed by atoms with van der Waals surface area (Å²) in [6.45, 7) is -0.321. The van der Waals surface area contributed by atoms with E-state index in [-0.39, 0.29) is 17.7 Å². The number of hydrogen-bond donors (Lipinski definition) is 0. The minimum atomic E-state index is -1.24. The van der Waals surface area contributed by atoms with Gasteiger partial charge in [0.1, 0.15) is 12.7 Å². The van der Waals surface area contributed by atoms with Gasteiger partial charge in [-0.1, -0.05) is 54.6 Å². The van der Waals surface area contributed by atoms with Crippen LogP contribution in [0.5, 0.6) is 0 Å². The normalized spacial score (nSPS) is 20.9. The number of rotatable bonds is 7. The lowest BCUT2D eigenvalue weighted by molar-refractivity contribution is -0.0437. The first-order chi connectivity index (χ1) is 17.1. The van der Waals surface area contributed by atoms with Crippen molar-refractivity contribution in [3.05, 3.63) is 108 Å². The number of nitrogens with zero attached hydrogens (tertiary/aromatic N) is 1. The second-order valence-corrected chi connectivity index (χ2v) is 7.66. The molecule has 1 aliphatic rings. The van der Waals surface area contributed by atoms with Crippen LogP contribution in [0, 0.1) is 11.3 Å². The molecule has 0 aromatic heterocycles. The summed E-state index contributed by atoms with van der Waals surface area (Å²) in [5.41, 5.74) is 0.851. The number of benzene rings is 3. The zero-order valence-electron chi connectivity index (χ0n) is 18.5. The Morgan fingerprint density at radius 2 is 1.11 bits per heavy atom. The van der Waals surface area contributed by atoms with Crippen molar-refractivity contribution in [3.8, 4) is 6.07 Å². The Morgan fingerprint density at radius 3 is 1.57 bits per heavy atom. The van der Waals surface area contributed by atoms with Gasteiger partial charge in [0, 0.05) is 0 Å². The van der Waals surface area contributed by atoms with Gasteiger partial charge in [-0.25, -0.2) is 14.4 Å². The van der Waals surface area contributed by atoms with Gasteiger partial charge in [-0.2, -0.15) is 5.26 Å². The molecule has 3 aromatic rings. The van der Waals surface area contributed by atoms with Crippen molar-refractivity contribution in [1.82, 2.24) is 0 Å². The lowest BCUT2D eigenvalue weighted by atomic mass is 10.1. The Morgan fingerprint density at radius 1 is 0.686 bits per heavy atom. The zero-order valence-corrected chi connectivity index (χ0v) is 18.5. The number of esters is 3. The Balaban J connectivity index is 1.55. The van der Waals surface area contributed by atoms with Gasteiger partial charge in [-0.15, -0.1) is 0 Å². The van der Waals surface area contributed by atoms with E-state index in [2.05, 4.69) is 0 Å². The molecule has 1 heterocycles. The molecule has 0 saturated carbocycles. The molecule has 0 aliphatic carbocycles. The molecule has 0 amide bonds. The van der Waals surface area contributed by atoms with Crippen LogP contribution >= 0.6 is 0 Å². The third-order valence-electron chi connectivity index (χ3n) is 5.33. The highest BCUT2D eigenvalue weighted by molar-refractivity contribution is 5.91. The van der Waals surface area contributed by atoms with Crippen LogP contribution in [0.4, 0.5) is 0 Å². The smallest absolute Gasteiger partial charge is 0.338 e. The van der Waals surface area contributed by atoms with Gasteiger partial charge in [0.2, 0.25) is 0 Å². The number of hydrogen-bond acceptors (Lipinski definition) is 8. The fourth-order valence-corrected chi connectivity index (χ4v) is 3.58. The topological polar surface area (TPSA) is 112 Å². The van der Waals surface area contributed by atoms with Crippen LogP contribution in [0.3, 0.4) is 0 Å². The largest absolute Gasteiger partial charge is 0.459 e. The molecule has 0 N–H and O–H groups in total.